The Kier molecular flexibility index (Phi) is 3.85. The molecule has 0 aliphatic heterocycles. The summed E-state index contributed by atoms with van der Waals surface area (Å²) in [5.74, 6) is 0. The SMILES string of the molecule is O=c1c2ccccc2ncn1CCOCCO. The van der Waals surface area contributed by atoms with Gasteiger partial charge in [0, 0.05) is 0 Å². The lowest BCUT2D eigenvalue weighted by molar-refractivity contribution is 0.0865. The Balaban J connectivity index is 2.18. The molecule has 17 heavy (non-hydrogen) atoms. The van der Waals surface area contributed by atoms with E-state index in [-0.39, 0.29) is 18.8 Å². The maximum atomic E-state index is 12.0. The van der Waals surface area contributed by atoms with Crippen LogP contribution in [0.3, 0.4) is 0 Å². The van der Waals surface area contributed by atoms with Gasteiger partial charge < -0.3 is 9.84 Å². The highest BCUT2D eigenvalue weighted by Gasteiger charge is 2.02. The second-order valence-corrected chi connectivity index (χ2v) is 3.60. The van der Waals surface area contributed by atoms with Gasteiger partial charge in [0.25, 0.3) is 5.56 Å². The van der Waals surface area contributed by atoms with Crippen LogP contribution in [0.1, 0.15) is 0 Å². The summed E-state index contributed by atoms with van der Waals surface area (Å²) in [5.41, 5.74) is 0.633. The van der Waals surface area contributed by atoms with Crippen LogP contribution in [-0.2, 0) is 11.3 Å². The van der Waals surface area contributed by atoms with Crippen molar-refractivity contribution < 1.29 is 9.84 Å². The smallest absolute Gasteiger partial charge is 0.261 e. The average molecular weight is 234 g/mol. The molecule has 0 fully saturated rings. The maximum absolute atomic E-state index is 12.0. The van der Waals surface area contributed by atoms with Crippen molar-refractivity contribution in [1.29, 1.82) is 0 Å². The van der Waals surface area contributed by atoms with Gasteiger partial charge in [0.2, 0.25) is 0 Å². The largest absolute Gasteiger partial charge is 0.394 e. The lowest BCUT2D eigenvalue weighted by Gasteiger charge is -2.06. The van der Waals surface area contributed by atoms with Gasteiger partial charge in [-0.1, -0.05) is 12.1 Å². The van der Waals surface area contributed by atoms with Crippen molar-refractivity contribution in [3.8, 4) is 0 Å². The van der Waals surface area contributed by atoms with E-state index in [1.807, 2.05) is 18.2 Å². The Morgan fingerprint density at radius 2 is 2.12 bits per heavy atom. The Morgan fingerprint density at radius 3 is 2.94 bits per heavy atom. The minimum Gasteiger partial charge on any atom is -0.394 e. The van der Waals surface area contributed by atoms with Crippen LogP contribution in [-0.4, -0.2) is 34.5 Å². The van der Waals surface area contributed by atoms with E-state index in [1.54, 1.807) is 6.07 Å². The van der Waals surface area contributed by atoms with E-state index in [2.05, 4.69) is 4.98 Å². The summed E-state index contributed by atoms with van der Waals surface area (Å²) in [6.45, 7) is 1.11. The normalized spacial score (nSPS) is 10.9. The number of hydrogen-bond donors (Lipinski definition) is 1. The van der Waals surface area contributed by atoms with Crippen molar-refractivity contribution in [2.45, 2.75) is 6.54 Å². The first-order chi connectivity index (χ1) is 8.33. The van der Waals surface area contributed by atoms with Crippen molar-refractivity contribution in [2.24, 2.45) is 0 Å². The minimum absolute atomic E-state index is 0.00906. The molecule has 1 N–H and O–H groups in total. The zero-order valence-corrected chi connectivity index (χ0v) is 9.37. The van der Waals surface area contributed by atoms with E-state index in [0.29, 0.717) is 24.1 Å². The first-order valence-corrected chi connectivity index (χ1v) is 5.45. The van der Waals surface area contributed by atoms with Crippen molar-refractivity contribution in [3.63, 3.8) is 0 Å². The quantitative estimate of drug-likeness (QED) is 0.761. The molecule has 0 atom stereocenters. The van der Waals surface area contributed by atoms with Gasteiger partial charge in [0.1, 0.15) is 0 Å². The third kappa shape index (κ3) is 2.69. The van der Waals surface area contributed by atoms with Crippen LogP contribution < -0.4 is 5.56 Å². The molecule has 1 aromatic carbocycles. The summed E-state index contributed by atoms with van der Waals surface area (Å²) in [4.78, 5) is 16.2. The fraction of sp³-hybridized carbons (Fsp3) is 0.333. The Hall–Kier alpha value is -1.72. The number of fused-ring (bicyclic) bond motifs is 1. The summed E-state index contributed by atoms with van der Waals surface area (Å²) in [5, 5.41) is 9.16. The number of aliphatic hydroxyl groups excluding tert-OH is 1. The number of aromatic nitrogens is 2. The molecule has 0 radical (unpaired) electrons. The highest BCUT2D eigenvalue weighted by Crippen LogP contribution is 2.04. The van der Waals surface area contributed by atoms with Gasteiger partial charge >= 0.3 is 0 Å². The molecular weight excluding hydrogens is 220 g/mol. The molecule has 0 aliphatic rings. The molecule has 0 saturated heterocycles. The topological polar surface area (TPSA) is 64.4 Å². The first-order valence-electron chi connectivity index (χ1n) is 5.45. The standard InChI is InChI=1S/C12H14N2O3/c15-6-8-17-7-5-14-9-13-11-4-2-1-3-10(11)12(14)16/h1-4,9,15H,5-8H2. The van der Waals surface area contributed by atoms with Gasteiger partial charge in [0.05, 0.1) is 43.6 Å². The van der Waals surface area contributed by atoms with Gasteiger partial charge in [-0.05, 0) is 12.1 Å². The zero-order chi connectivity index (χ0) is 12.1. The molecule has 5 nitrogen and oxygen atoms in total. The highest BCUT2D eigenvalue weighted by atomic mass is 16.5. The maximum Gasteiger partial charge on any atom is 0.261 e. The molecule has 0 unspecified atom stereocenters. The third-order valence-corrected chi connectivity index (χ3v) is 2.44. The second kappa shape index (κ2) is 5.56. The number of nitrogens with zero attached hydrogens (tertiary/aromatic N) is 2. The van der Waals surface area contributed by atoms with E-state index in [4.69, 9.17) is 9.84 Å². The first kappa shape index (κ1) is 11.8. The second-order valence-electron chi connectivity index (χ2n) is 3.60. The fourth-order valence-electron chi connectivity index (χ4n) is 1.59. The highest BCUT2D eigenvalue weighted by molar-refractivity contribution is 5.76. The molecule has 0 aliphatic carbocycles. The van der Waals surface area contributed by atoms with Crippen molar-refractivity contribution in [1.82, 2.24) is 9.55 Å². The molecule has 0 amide bonds. The van der Waals surface area contributed by atoms with Crippen LogP contribution in [0.5, 0.6) is 0 Å². The number of hydrogen-bond acceptors (Lipinski definition) is 4. The molecule has 2 aromatic rings. The number of rotatable bonds is 5. The van der Waals surface area contributed by atoms with E-state index < -0.39 is 0 Å². The number of aliphatic hydroxyl groups is 1. The van der Waals surface area contributed by atoms with Crippen LogP contribution in [0.4, 0.5) is 0 Å². The van der Waals surface area contributed by atoms with Gasteiger partial charge in [0.15, 0.2) is 0 Å². The summed E-state index contributed by atoms with van der Waals surface area (Å²) < 4.78 is 6.63. The third-order valence-electron chi connectivity index (χ3n) is 2.44. The van der Waals surface area contributed by atoms with Crippen LogP contribution in [0, 0.1) is 0 Å². The lowest BCUT2D eigenvalue weighted by Crippen LogP contribution is -2.23. The number of para-hydroxylation sites is 1. The molecular formula is C12H14N2O3. The van der Waals surface area contributed by atoms with Gasteiger partial charge in [-0.15, -0.1) is 0 Å². The zero-order valence-electron chi connectivity index (χ0n) is 9.37. The van der Waals surface area contributed by atoms with Gasteiger partial charge in [-0.2, -0.15) is 0 Å². The van der Waals surface area contributed by atoms with Crippen LogP contribution in [0.15, 0.2) is 35.4 Å². The summed E-state index contributed by atoms with van der Waals surface area (Å²) in [7, 11) is 0. The van der Waals surface area contributed by atoms with Crippen LogP contribution in [0.2, 0.25) is 0 Å². The lowest BCUT2D eigenvalue weighted by atomic mass is 10.2. The van der Waals surface area contributed by atoms with E-state index in [1.165, 1.54) is 10.9 Å². The predicted octanol–water partition coefficient (Wildman–Crippen LogP) is 0.405. The van der Waals surface area contributed by atoms with Crippen molar-refractivity contribution >= 4 is 10.9 Å². The molecule has 0 bridgehead atoms. The van der Waals surface area contributed by atoms with Crippen molar-refractivity contribution in [3.05, 3.63) is 40.9 Å². The fourth-order valence-corrected chi connectivity index (χ4v) is 1.59. The summed E-state index contributed by atoms with van der Waals surface area (Å²) >= 11 is 0. The van der Waals surface area contributed by atoms with E-state index in [0.717, 1.165) is 0 Å². The summed E-state index contributed by atoms with van der Waals surface area (Å²) in [6, 6.07) is 7.24. The summed E-state index contributed by atoms with van der Waals surface area (Å²) in [6.07, 6.45) is 1.52. The number of benzene rings is 1. The molecule has 2 rings (SSSR count). The van der Waals surface area contributed by atoms with Crippen molar-refractivity contribution in [2.75, 3.05) is 19.8 Å². The Morgan fingerprint density at radius 1 is 1.29 bits per heavy atom. The molecule has 1 aromatic heterocycles. The van der Waals surface area contributed by atoms with Crippen LogP contribution in [0.25, 0.3) is 10.9 Å². The van der Waals surface area contributed by atoms with E-state index in [9.17, 15) is 4.79 Å². The molecule has 90 valence electrons. The Bertz CT molecular complexity index is 551. The van der Waals surface area contributed by atoms with Gasteiger partial charge in [-0.25, -0.2) is 4.98 Å². The predicted molar refractivity (Wildman–Crippen MR) is 63.9 cm³/mol. The molecule has 0 spiro atoms. The minimum atomic E-state index is -0.0665. The molecule has 0 saturated carbocycles. The average Bonchev–Trinajstić information content (AvgIpc) is 2.37. The van der Waals surface area contributed by atoms with Gasteiger partial charge in [-0.3, -0.25) is 9.36 Å². The monoisotopic (exact) mass is 234 g/mol. The van der Waals surface area contributed by atoms with Crippen LogP contribution >= 0.6 is 0 Å². The Labute approximate surface area is 98.3 Å². The number of ether oxygens (including phenoxy) is 1. The van der Waals surface area contributed by atoms with E-state index >= 15 is 0 Å². The molecule has 1 heterocycles. The molecule has 5 heteroatoms.